The second-order valence-electron chi connectivity index (χ2n) is 6.66. The molecule has 0 spiro atoms. The third kappa shape index (κ3) is 3.41. The van der Waals surface area contributed by atoms with Crippen LogP contribution in [0.2, 0.25) is 0 Å². The lowest BCUT2D eigenvalue weighted by molar-refractivity contribution is -0.171. The number of ether oxygens (including phenoxy) is 1. The number of thiazole rings is 1. The number of hydrogen-bond donors (Lipinski definition) is 1. The number of hydrogen-bond acceptors (Lipinski definition) is 6. The predicted molar refractivity (Wildman–Crippen MR) is 103 cm³/mol. The number of carbonyl (C=O) groups is 2. The van der Waals surface area contributed by atoms with Gasteiger partial charge < -0.3 is 14.7 Å². The van der Waals surface area contributed by atoms with Crippen LogP contribution in [0.1, 0.15) is 17.4 Å². The zero-order chi connectivity index (χ0) is 19.7. The molecule has 1 N–H and O–H groups in total. The van der Waals surface area contributed by atoms with Crippen molar-refractivity contribution in [2.75, 3.05) is 19.7 Å². The van der Waals surface area contributed by atoms with Crippen LogP contribution in [0.3, 0.4) is 0 Å². The summed E-state index contributed by atoms with van der Waals surface area (Å²) >= 11 is 1.35. The number of aromatic nitrogens is 3. The Kier molecular flexibility index (Phi) is 4.70. The molecule has 3 heterocycles. The highest BCUT2D eigenvalue weighted by Gasteiger charge is 2.41. The minimum Gasteiger partial charge on any atom is -0.479 e. The summed E-state index contributed by atoms with van der Waals surface area (Å²) < 4.78 is 7.09. The van der Waals surface area contributed by atoms with Gasteiger partial charge in [-0.3, -0.25) is 4.79 Å². The fraction of sp³-hybridized carbons (Fsp3) is 0.263. The van der Waals surface area contributed by atoms with Crippen molar-refractivity contribution in [3.05, 3.63) is 53.8 Å². The summed E-state index contributed by atoms with van der Waals surface area (Å²) in [5.74, 6) is -1.38. The lowest BCUT2D eigenvalue weighted by atomic mass is 10.0. The standard InChI is InChI=1S/C19H18N4O4S/c1-19(18(25)26)12-22(7-8-27-19)17(24)15-11-28-16(21-15)13-9-20-23(10-13)14-5-3-2-4-6-14/h2-6,9-11H,7-8,12H2,1H3,(H,25,26). The Bertz CT molecular complexity index is 1020. The van der Waals surface area contributed by atoms with Crippen molar-refractivity contribution in [2.45, 2.75) is 12.5 Å². The van der Waals surface area contributed by atoms with Crippen LogP contribution in [0, 0.1) is 0 Å². The minimum atomic E-state index is -1.40. The molecule has 0 saturated carbocycles. The molecule has 2 aromatic heterocycles. The van der Waals surface area contributed by atoms with Crippen LogP contribution in [-0.4, -0.2) is 61.9 Å². The summed E-state index contributed by atoms with van der Waals surface area (Å²) in [6, 6.07) is 9.71. The molecule has 1 amide bonds. The van der Waals surface area contributed by atoms with E-state index in [0.29, 0.717) is 17.2 Å². The van der Waals surface area contributed by atoms with Crippen LogP contribution in [0.4, 0.5) is 0 Å². The number of para-hydroxylation sites is 1. The van der Waals surface area contributed by atoms with Gasteiger partial charge in [-0.1, -0.05) is 18.2 Å². The van der Waals surface area contributed by atoms with Gasteiger partial charge in [0.1, 0.15) is 10.7 Å². The van der Waals surface area contributed by atoms with Crippen LogP contribution in [0.5, 0.6) is 0 Å². The molecule has 1 fully saturated rings. The van der Waals surface area contributed by atoms with Gasteiger partial charge in [-0.15, -0.1) is 11.3 Å². The number of carbonyl (C=O) groups excluding carboxylic acids is 1. The van der Waals surface area contributed by atoms with Gasteiger partial charge in [-0.2, -0.15) is 5.10 Å². The van der Waals surface area contributed by atoms with E-state index >= 15 is 0 Å². The van der Waals surface area contributed by atoms with Crippen molar-refractivity contribution < 1.29 is 19.4 Å². The van der Waals surface area contributed by atoms with Crippen LogP contribution in [0.15, 0.2) is 48.1 Å². The molecule has 144 valence electrons. The van der Waals surface area contributed by atoms with Crippen molar-refractivity contribution in [1.82, 2.24) is 19.7 Å². The summed E-state index contributed by atoms with van der Waals surface area (Å²) in [6.45, 7) is 1.97. The summed E-state index contributed by atoms with van der Waals surface area (Å²) in [7, 11) is 0. The highest BCUT2D eigenvalue weighted by molar-refractivity contribution is 7.13. The second kappa shape index (κ2) is 7.17. The van der Waals surface area contributed by atoms with Gasteiger partial charge in [-0.05, 0) is 19.1 Å². The predicted octanol–water partition coefficient (Wildman–Crippen LogP) is 2.31. The Morgan fingerprint density at radius 1 is 1.29 bits per heavy atom. The molecular weight excluding hydrogens is 380 g/mol. The first-order valence-corrected chi connectivity index (χ1v) is 9.57. The average Bonchev–Trinajstić information content (AvgIpc) is 3.38. The normalized spacial score (nSPS) is 19.5. The Morgan fingerprint density at radius 3 is 2.82 bits per heavy atom. The number of amides is 1. The van der Waals surface area contributed by atoms with E-state index in [-0.39, 0.29) is 19.1 Å². The van der Waals surface area contributed by atoms with E-state index in [0.717, 1.165) is 11.3 Å². The van der Waals surface area contributed by atoms with E-state index in [4.69, 9.17) is 4.74 Å². The first kappa shape index (κ1) is 18.3. The van der Waals surface area contributed by atoms with Crippen molar-refractivity contribution >= 4 is 23.2 Å². The van der Waals surface area contributed by atoms with Gasteiger partial charge in [0.25, 0.3) is 5.91 Å². The summed E-state index contributed by atoms with van der Waals surface area (Å²) in [5, 5.41) is 16.0. The third-order valence-corrected chi connectivity index (χ3v) is 5.48. The van der Waals surface area contributed by atoms with Gasteiger partial charge in [0.05, 0.1) is 25.0 Å². The molecule has 0 radical (unpaired) electrons. The van der Waals surface area contributed by atoms with E-state index in [1.807, 2.05) is 36.5 Å². The molecule has 1 aromatic carbocycles. The van der Waals surface area contributed by atoms with E-state index in [2.05, 4.69) is 10.1 Å². The lowest BCUT2D eigenvalue weighted by Gasteiger charge is -2.37. The smallest absolute Gasteiger partial charge is 0.337 e. The average molecular weight is 398 g/mol. The minimum absolute atomic E-state index is 0.0139. The fourth-order valence-electron chi connectivity index (χ4n) is 2.99. The molecule has 8 nitrogen and oxygen atoms in total. The maximum atomic E-state index is 12.8. The van der Waals surface area contributed by atoms with Crippen LogP contribution in [-0.2, 0) is 9.53 Å². The van der Waals surface area contributed by atoms with Crippen LogP contribution in [0.25, 0.3) is 16.3 Å². The number of aliphatic carboxylic acids is 1. The molecule has 1 aliphatic rings. The van der Waals surface area contributed by atoms with E-state index < -0.39 is 11.6 Å². The summed E-state index contributed by atoms with van der Waals surface area (Å²) in [6.07, 6.45) is 3.56. The number of morpholine rings is 1. The van der Waals surface area contributed by atoms with Gasteiger partial charge in [0, 0.05) is 23.7 Å². The third-order valence-electron chi connectivity index (χ3n) is 4.59. The highest BCUT2D eigenvalue weighted by atomic mass is 32.1. The molecule has 4 rings (SSSR count). The highest BCUT2D eigenvalue weighted by Crippen LogP contribution is 2.26. The largest absolute Gasteiger partial charge is 0.479 e. The van der Waals surface area contributed by atoms with Crippen molar-refractivity contribution in [2.24, 2.45) is 0 Å². The zero-order valence-electron chi connectivity index (χ0n) is 15.1. The van der Waals surface area contributed by atoms with Gasteiger partial charge >= 0.3 is 5.97 Å². The number of rotatable bonds is 4. The second-order valence-corrected chi connectivity index (χ2v) is 7.52. The van der Waals surface area contributed by atoms with Crippen LogP contribution < -0.4 is 0 Å². The van der Waals surface area contributed by atoms with E-state index in [1.165, 1.54) is 23.2 Å². The number of carboxylic acid groups (broad SMARTS) is 1. The maximum absolute atomic E-state index is 12.8. The van der Waals surface area contributed by atoms with Crippen LogP contribution >= 0.6 is 11.3 Å². The molecule has 0 aliphatic carbocycles. The van der Waals surface area contributed by atoms with E-state index in [1.54, 1.807) is 16.3 Å². The molecular formula is C19H18N4O4S. The van der Waals surface area contributed by atoms with Gasteiger partial charge in [-0.25, -0.2) is 14.5 Å². The maximum Gasteiger partial charge on any atom is 0.337 e. The molecule has 9 heteroatoms. The SMILES string of the molecule is CC1(C(=O)O)CN(C(=O)c2csc(-c3cnn(-c4ccccc4)c3)n2)CCO1. The monoisotopic (exact) mass is 398 g/mol. The Morgan fingerprint density at radius 2 is 2.07 bits per heavy atom. The first-order valence-electron chi connectivity index (χ1n) is 8.69. The quantitative estimate of drug-likeness (QED) is 0.724. The molecule has 1 aliphatic heterocycles. The van der Waals surface area contributed by atoms with Crippen molar-refractivity contribution in [1.29, 1.82) is 0 Å². The van der Waals surface area contributed by atoms with Crippen molar-refractivity contribution in [3.63, 3.8) is 0 Å². The molecule has 1 atom stereocenters. The molecule has 3 aromatic rings. The molecule has 0 bridgehead atoms. The lowest BCUT2D eigenvalue weighted by Crippen LogP contribution is -2.56. The topological polar surface area (TPSA) is 97.6 Å². The molecule has 28 heavy (non-hydrogen) atoms. The molecule has 1 saturated heterocycles. The molecule has 1 unspecified atom stereocenters. The van der Waals surface area contributed by atoms with Gasteiger partial charge in [0.15, 0.2) is 5.60 Å². The first-order chi connectivity index (χ1) is 13.5. The Hall–Kier alpha value is -3.04. The number of nitrogens with zero attached hydrogens (tertiary/aromatic N) is 4. The number of carboxylic acids is 1. The van der Waals surface area contributed by atoms with Crippen molar-refractivity contribution in [3.8, 4) is 16.3 Å². The summed E-state index contributed by atoms with van der Waals surface area (Å²) in [5.41, 5.74) is 0.638. The zero-order valence-corrected chi connectivity index (χ0v) is 15.9. The van der Waals surface area contributed by atoms with Gasteiger partial charge in [0.2, 0.25) is 0 Å². The fourth-order valence-corrected chi connectivity index (χ4v) is 3.76. The number of benzene rings is 1. The van der Waals surface area contributed by atoms with E-state index in [9.17, 15) is 14.7 Å². The Balaban J connectivity index is 1.52. The Labute approximate surface area is 165 Å². The summed E-state index contributed by atoms with van der Waals surface area (Å²) in [4.78, 5) is 30.1.